The summed E-state index contributed by atoms with van der Waals surface area (Å²) in [5.41, 5.74) is 4.70. The van der Waals surface area contributed by atoms with E-state index >= 15 is 0 Å². The van der Waals surface area contributed by atoms with Gasteiger partial charge in [-0.2, -0.15) is 0 Å². The van der Waals surface area contributed by atoms with Crippen LogP contribution in [0.1, 0.15) is 81.6 Å². The first-order chi connectivity index (χ1) is 13.7. The van der Waals surface area contributed by atoms with Crippen molar-refractivity contribution in [3.05, 3.63) is 30.3 Å². The number of benzene rings is 1. The number of hydrogen-bond acceptors (Lipinski definition) is 5. The van der Waals surface area contributed by atoms with Gasteiger partial charge in [0, 0.05) is 0 Å². The molecule has 174 valence electrons. The van der Waals surface area contributed by atoms with Gasteiger partial charge in [0.2, 0.25) is 0 Å². The van der Waals surface area contributed by atoms with Gasteiger partial charge in [-0.25, -0.2) is 0 Å². The van der Waals surface area contributed by atoms with Crippen LogP contribution in [0.2, 0.25) is 0 Å². The summed E-state index contributed by atoms with van der Waals surface area (Å²) < 4.78 is 24.8. The fraction of sp³-hybridized carbons (Fsp3) is 0.760. The molecule has 0 aliphatic carbocycles. The van der Waals surface area contributed by atoms with Gasteiger partial charge in [0.15, 0.2) is 0 Å². The van der Waals surface area contributed by atoms with Crippen LogP contribution in [0.4, 0.5) is 0 Å². The van der Waals surface area contributed by atoms with E-state index in [4.69, 9.17) is 24.7 Å². The summed E-state index contributed by atoms with van der Waals surface area (Å²) in [5.74, 6) is 0.783. The predicted molar refractivity (Wildman–Crippen MR) is 124 cm³/mol. The van der Waals surface area contributed by atoms with Gasteiger partial charge in [0.25, 0.3) is 0 Å². The van der Waals surface area contributed by atoms with Crippen LogP contribution >= 0.6 is 0 Å². The molecule has 0 aliphatic heterocycles. The molecular formula is C25H45NO4. The van der Waals surface area contributed by atoms with E-state index in [9.17, 15) is 0 Å². The van der Waals surface area contributed by atoms with Crippen LogP contribution in [0.3, 0.4) is 0 Å². The van der Waals surface area contributed by atoms with Crippen LogP contribution < -0.4 is 10.5 Å². The monoisotopic (exact) mass is 423 g/mol. The Kier molecular flexibility index (Phi) is 9.81. The maximum absolute atomic E-state index is 6.69. The Labute approximate surface area is 184 Å². The molecule has 1 aromatic rings. The Hall–Kier alpha value is -1.14. The maximum atomic E-state index is 6.69. The number of rotatable bonds is 14. The number of para-hydroxylation sites is 1. The van der Waals surface area contributed by atoms with Gasteiger partial charge >= 0.3 is 0 Å². The van der Waals surface area contributed by atoms with E-state index in [0.29, 0.717) is 13.2 Å². The first kappa shape index (κ1) is 26.9. The van der Waals surface area contributed by atoms with Gasteiger partial charge in [-0.05, 0) is 79.9 Å². The third kappa shape index (κ3) is 9.78. The Balaban J connectivity index is 2.85. The first-order valence-electron chi connectivity index (χ1n) is 11.2. The number of ether oxygens (including phenoxy) is 4. The molecule has 1 aromatic carbocycles. The standard InChI is InChI=1S/C25H45NO4/c1-10-22(3,4)28-18-17-24(7,8)30-25(9,26)21(29-23(5,6)11-2)19-27-20-15-13-12-14-16-20/h12-16,21H,10-11,17-19,26H2,1-9H3. The fourth-order valence-corrected chi connectivity index (χ4v) is 2.86. The zero-order chi connectivity index (χ0) is 23.1. The van der Waals surface area contributed by atoms with Gasteiger partial charge in [0.05, 0.1) is 23.4 Å². The van der Waals surface area contributed by atoms with Crippen LogP contribution in [0.5, 0.6) is 5.75 Å². The summed E-state index contributed by atoms with van der Waals surface area (Å²) in [4.78, 5) is 0. The zero-order valence-corrected chi connectivity index (χ0v) is 20.7. The Morgan fingerprint density at radius 1 is 0.833 bits per heavy atom. The van der Waals surface area contributed by atoms with Crippen molar-refractivity contribution >= 4 is 0 Å². The molecule has 5 heteroatoms. The normalized spacial score (nSPS) is 16.2. The van der Waals surface area contributed by atoms with Crippen molar-refractivity contribution in [3.63, 3.8) is 0 Å². The summed E-state index contributed by atoms with van der Waals surface area (Å²) in [7, 11) is 0. The fourth-order valence-electron chi connectivity index (χ4n) is 2.86. The lowest BCUT2D eigenvalue weighted by Crippen LogP contribution is -2.59. The lowest BCUT2D eigenvalue weighted by atomic mass is 10.0. The molecular weight excluding hydrogens is 378 g/mol. The molecule has 0 aliphatic rings. The lowest BCUT2D eigenvalue weighted by Gasteiger charge is -2.43. The molecule has 2 N–H and O–H groups in total. The van der Waals surface area contributed by atoms with E-state index < -0.39 is 17.4 Å². The summed E-state index contributed by atoms with van der Waals surface area (Å²) in [6, 6.07) is 9.70. The van der Waals surface area contributed by atoms with Gasteiger partial charge in [-0.3, -0.25) is 0 Å². The molecule has 0 saturated carbocycles. The van der Waals surface area contributed by atoms with E-state index in [2.05, 4.69) is 41.5 Å². The van der Waals surface area contributed by atoms with E-state index in [1.165, 1.54) is 0 Å². The molecule has 2 atom stereocenters. The SMILES string of the molecule is CCC(C)(C)OCCC(C)(C)OC(C)(N)C(COc1ccccc1)OC(C)(C)CC. The van der Waals surface area contributed by atoms with Crippen molar-refractivity contribution in [1.29, 1.82) is 0 Å². The molecule has 0 spiro atoms. The van der Waals surface area contributed by atoms with Gasteiger partial charge in [-0.15, -0.1) is 0 Å². The summed E-state index contributed by atoms with van der Waals surface area (Å²) in [6.45, 7) is 19.4. The van der Waals surface area contributed by atoms with Crippen molar-refractivity contribution in [1.82, 2.24) is 0 Å². The minimum absolute atomic E-state index is 0.136. The largest absolute Gasteiger partial charge is 0.491 e. The minimum atomic E-state index is -1.04. The van der Waals surface area contributed by atoms with Gasteiger partial charge in [-0.1, -0.05) is 32.0 Å². The highest BCUT2D eigenvalue weighted by molar-refractivity contribution is 5.21. The van der Waals surface area contributed by atoms with Crippen LogP contribution in [0.15, 0.2) is 30.3 Å². The van der Waals surface area contributed by atoms with E-state index in [0.717, 1.165) is 25.0 Å². The topological polar surface area (TPSA) is 62.9 Å². The summed E-state index contributed by atoms with van der Waals surface area (Å²) in [5, 5.41) is 0. The lowest BCUT2D eigenvalue weighted by molar-refractivity contribution is -0.228. The molecule has 0 fully saturated rings. The Morgan fingerprint density at radius 3 is 1.93 bits per heavy atom. The molecule has 1 rings (SSSR count). The molecule has 0 radical (unpaired) electrons. The smallest absolute Gasteiger partial charge is 0.144 e. The highest BCUT2D eigenvalue weighted by Gasteiger charge is 2.40. The molecule has 0 bridgehead atoms. The molecule has 0 heterocycles. The van der Waals surface area contributed by atoms with Gasteiger partial charge in [0.1, 0.15) is 24.2 Å². The third-order valence-electron chi connectivity index (χ3n) is 5.64. The zero-order valence-electron chi connectivity index (χ0n) is 20.7. The summed E-state index contributed by atoms with van der Waals surface area (Å²) >= 11 is 0. The maximum Gasteiger partial charge on any atom is 0.144 e. The molecule has 30 heavy (non-hydrogen) atoms. The summed E-state index contributed by atoms with van der Waals surface area (Å²) in [6.07, 6.45) is 2.10. The van der Waals surface area contributed by atoms with Crippen molar-refractivity contribution in [3.8, 4) is 5.75 Å². The molecule has 0 aromatic heterocycles. The van der Waals surface area contributed by atoms with Crippen molar-refractivity contribution in [2.75, 3.05) is 13.2 Å². The average molecular weight is 424 g/mol. The van der Waals surface area contributed by atoms with Crippen LogP contribution in [0.25, 0.3) is 0 Å². The molecule has 2 unspecified atom stereocenters. The van der Waals surface area contributed by atoms with Crippen LogP contribution in [-0.2, 0) is 14.2 Å². The second-order valence-corrected chi connectivity index (χ2v) is 10.1. The van der Waals surface area contributed by atoms with Crippen LogP contribution in [-0.4, -0.2) is 41.8 Å². The van der Waals surface area contributed by atoms with Crippen molar-refractivity contribution in [2.24, 2.45) is 5.73 Å². The molecule has 0 saturated heterocycles. The van der Waals surface area contributed by atoms with E-state index in [1.54, 1.807) is 0 Å². The number of hydrogen-bond donors (Lipinski definition) is 1. The highest BCUT2D eigenvalue weighted by atomic mass is 16.6. The molecule has 0 amide bonds. The second-order valence-electron chi connectivity index (χ2n) is 10.1. The van der Waals surface area contributed by atoms with Crippen LogP contribution in [0, 0.1) is 0 Å². The highest BCUT2D eigenvalue weighted by Crippen LogP contribution is 2.29. The second kappa shape index (κ2) is 10.9. The van der Waals surface area contributed by atoms with Gasteiger partial charge < -0.3 is 24.7 Å². The predicted octanol–water partition coefficient (Wildman–Crippen LogP) is 5.70. The Bertz CT molecular complexity index is 611. The van der Waals surface area contributed by atoms with E-state index in [-0.39, 0.29) is 11.2 Å². The third-order valence-corrected chi connectivity index (χ3v) is 5.64. The minimum Gasteiger partial charge on any atom is -0.491 e. The first-order valence-corrected chi connectivity index (χ1v) is 11.2. The Morgan fingerprint density at radius 2 is 1.40 bits per heavy atom. The van der Waals surface area contributed by atoms with Crippen molar-refractivity contribution < 1.29 is 18.9 Å². The average Bonchev–Trinajstić information content (AvgIpc) is 2.64. The quantitative estimate of drug-likeness (QED) is 0.389. The van der Waals surface area contributed by atoms with Crippen molar-refractivity contribution in [2.45, 2.75) is 110 Å². The van der Waals surface area contributed by atoms with E-state index in [1.807, 2.05) is 51.1 Å². The molecule has 5 nitrogen and oxygen atoms in total. The number of nitrogens with two attached hydrogens (primary N) is 1.